The molecule has 0 aliphatic rings. The van der Waals surface area contributed by atoms with Crippen molar-refractivity contribution in [3.8, 4) is 0 Å². The topological polar surface area (TPSA) is 54.4 Å². The van der Waals surface area contributed by atoms with Gasteiger partial charge in [-0.15, -0.1) is 0 Å². The summed E-state index contributed by atoms with van der Waals surface area (Å²) in [4.78, 5) is 21.8. The summed E-state index contributed by atoms with van der Waals surface area (Å²) < 4.78 is 0. The summed E-state index contributed by atoms with van der Waals surface area (Å²) in [5.41, 5.74) is 0. The Balaban J connectivity index is 3.59. The zero-order valence-corrected chi connectivity index (χ0v) is 14.2. The summed E-state index contributed by atoms with van der Waals surface area (Å²) in [5.74, 6) is -0.534. The number of hydrogen-bond acceptors (Lipinski definition) is 2. The molecule has 0 amide bonds. The molecular formula is C20H30O3. The van der Waals surface area contributed by atoms with Gasteiger partial charge in [0.1, 0.15) is 0 Å². The van der Waals surface area contributed by atoms with E-state index in [2.05, 4.69) is 25.2 Å². The van der Waals surface area contributed by atoms with E-state index in [9.17, 15) is 9.59 Å². The number of carboxylic acid groups (broad SMARTS) is 1. The molecule has 0 saturated heterocycles. The first kappa shape index (κ1) is 21.1. The maximum atomic E-state index is 11.5. The van der Waals surface area contributed by atoms with Gasteiger partial charge in [0.25, 0.3) is 0 Å². The van der Waals surface area contributed by atoms with Crippen LogP contribution in [0.1, 0.15) is 64.7 Å². The largest absolute Gasteiger partial charge is 0.481 e. The van der Waals surface area contributed by atoms with Crippen LogP contribution in [0.5, 0.6) is 0 Å². The van der Waals surface area contributed by atoms with Crippen molar-refractivity contribution in [2.45, 2.75) is 64.7 Å². The zero-order chi connectivity index (χ0) is 17.2. The van der Waals surface area contributed by atoms with Crippen LogP contribution in [0.25, 0.3) is 0 Å². The van der Waals surface area contributed by atoms with Crippen molar-refractivity contribution in [2.24, 2.45) is 0 Å². The van der Waals surface area contributed by atoms with Crippen LogP contribution < -0.4 is 0 Å². The molecule has 0 spiro atoms. The van der Waals surface area contributed by atoms with Crippen LogP contribution in [0, 0.1) is 0 Å². The standard InChI is InChI=1S/C20H30O3/c1-2-3-13-16-19(21)17-14-11-9-7-5-4-6-8-10-12-15-18-20(22)23/h4-5,8-11,14,17H,2-3,6-7,12-13,15-16,18H2,1H3,(H,22,23)/b5-4+,10-8-,11-9+,17-14+. The van der Waals surface area contributed by atoms with Gasteiger partial charge in [0.05, 0.1) is 0 Å². The van der Waals surface area contributed by atoms with Crippen LogP contribution in [-0.4, -0.2) is 16.9 Å². The predicted molar refractivity (Wildman–Crippen MR) is 96.4 cm³/mol. The molecule has 0 aliphatic heterocycles. The van der Waals surface area contributed by atoms with E-state index < -0.39 is 5.97 Å². The number of hydrogen-bond donors (Lipinski definition) is 1. The third-order valence-corrected chi connectivity index (χ3v) is 3.20. The van der Waals surface area contributed by atoms with Crippen molar-refractivity contribution in [1.82, 2.24) is 0 Å². The van der Waals surface area contributed by atoms with Gasteiger partial charge in [0.15, 0.2) is 5.78 Å². The average Bonchev–Trinajstić information content (AvgIpc) is 2.51. The van der Waals surface area contributed by atoms with E-state index in [1.807, 2.05) is 24.3 Å². The van der Waals surface area contributed by atoms with Crippen LogP contribution in [0.2, 0.25) is 0 Å². The van der Waals surface area contributed by atoms with E-state index in [1.165, 1.54) is 0 Å². The molecule has 0 heterocycles. The van der Waals surface area contributed by atoms with Crippen molar-refractivity contribution < 1.29 is 14.7 Å². The molecule has 128 valence electrons. The summed E-state index contributed by atoms with van der Waals surface area (Å²) in [6.45, 7) is 2.13. The Morgan fingerprint density at radius 2 is 1.52 bits per heavy atom. The maximum Gasteiger partial charge on any atom is 0.303 e. The number of carbonyl (C=O) groups excluding carboxylic acids is 1. The highest BCUT2D eigenvalue weighted by Gasteiger charge is 1.94. The second-order valence-electron chi connectivity index (χ2n) is 5.41. The molecule has 1 N–H and O–H groups in total. The third kappa shape index (κ3) is 18.1. The van der Waals surface area contributed by atoms with Crippen LogP contribution in [-0.2, 0) is 9.59 Å². The Morgan fingerprint density at radius 1 is 0.826 bits per heavy atom. The van der Waals surface area contributed by atoms with Gasteiger partial charge in [-0.2, -0.15) is 0 Å². The van der Waals surface area contributed by atoms with E-state index in [1.54, 1.807) is 6.08 Å². The van der Waals surface area contributed by atoms with Gasteiger partial charge in [-0.1, -0.05) is 62.3 Å². The van der Waals surface area contributed by atoms with Crippen molar-refractivity contribution in [3.05, 3.63) is 48.6 Å². The normalized spacial score (nSPS) is 12.2. The highest BCUT2D eigenvalue weighted by Crippen LogP contribution is 2.01. The smallest absolute Gasteiger partial charge is 0.303 e. The molecule has 0 aromatic carbocycles. The maximum absolute atomic E-state index is 11.5. The number of carboxylic acids is 1. The SMILES string of the molecule is CCCCCC(=O)/C=C/C=C/C/C=C/C/C=C\CCCC(=O)O. The first-order chi connectivity index (χ1) is 11.2. The monoisotopic (exact) mass is 318 g/mol. The van der Waals surface area contributed by atoms with E-state index in [0.717, 1.165) is 38.5 Å². The number of aliphatic carboxylic acids is 1. The molecule has 23 heavy (non-hydrogen) atoms. The van der Waals surface area contributed by atoms with E-state index in [-0.39, 0.29) is 12.2 Å². The molecule has 0 atom stereocenters. The minimum atomic E-state index is -0.734. The minimum Gasteiger partial charge on any atom is -0.481 e. The molecule has 0 fully saturated rings. The molecule has 0 saturated carbocycles. The Bertz CT molecular complexity index is 428. The van der Waals surface area contributed by atoms with Crippen LogP contribution >= 0.6 is 0 Å². The number of rotatable bonds is 14. The fourth-order valence-corrected chi connectivity index (χ4v) is 1.89. The Labute approximate surface area is 140 Å². The van der Waals surface area contributed by atoms with Crippen LogP contribution in [0.15, 0.2) is 48.6 Å². The summed E-state index contributed by atoms with van der Waals surface area (Å²) in [6.07, 6.45) is 23.0. The Kier molecular flexibility index (Phi) is 15.1. The second kappa shape index (κ2) is 16.5. The summed E-state index contributed by atoms with van der Waals surface area (Å²) in [6, 6.07) is 0. The van der Waals surface area contributed by atoms with Crippen molar-refractivity contribution in [3.63, 3.8) is 0 Å². The number of ketones is 1. The average molecular weight is 318 g/mol. The highest BCUT2D eigenvalue weighted by molar-refractivity contribution is 5.89. The van der Waals surface area contributed by atoms with Gasteiger partial charge in [-0.25, -0.2) is 0 Å². The molecule has 0 aromatic heterocycles. The number of allylic oxidation sites excluding steroid dienone is 8. The molecule has 0 aromatic rings. The molecule has 0 rings (SSSR count). The molecular weight excluding hydrogens is 288 g/mol. The molecule has 0 unspecified atom stereocenters. The van der Waals surface area contributed by atoms with Gasteiger partial charge in [-0.05, 0) is 38.2 Å². The van der Waals surface area contributed by atoms with Crippen molar-refractivity contribution in [2.75, 3.05) is 0 Å². The minimum absolute atomic E-state index is 0.201. The van der Waals surface area contributed by atoms with Crippen LogP contribution in [0.3, 0.4) is 0 Å². The van der Waals surface area contributed by atoms with Gasteiger partial charge in [-0.3, -0.25) is 9.59 Å². The molecule has 0 bridgehead atoms. The molecule has 0 radical (unpaired) electrons. The lowest BCUT2D eigenvalue weighted by molar-refractivity contribution is -0.137. The lowest BCUT2D eigenvalue weighted by Crippen LogP contribution is -1.92. The van der Waals surface area contributed by atoms with Gasteiger partial charge >= 0.3 is 5.97 Å². The number of unbranched alkanes of at least 4 members (excludes halogenated alkanes) is 3. The Morgan fingerprint density at radius 3 is 2.22 bits per heavy atom. The second-order valence-corrected chi connectivity index (χ2v) is 5.41. The summed E-state index contributed by atoms with van der Waals surface area (Å²) >= 11 is 0. The van der Waals surface area contributed by atoms with E-state index >= 15 is 0 Å². The Hall–Kier alpha value is -1.90. The molecule has 3 nitrogen and oxygen atoms in total. The van der Waals surface area contributed by atoms with E-state index in [0.29, 0.717) is 12.8 Å². The highest BCUT2D eigenvalue weighted by atomic mass is 16.4. The summed E-state index contributed by atoms with van der Waals surface area (Å²) in [7, 11) is 0. The van der Waals surface area contributed by atoms with Gasteiger partial charge < -0.3 is 5.11 Å². The fraction of sp³-hybridized carbons (Fsp3) is 0.500. The molecule has 0 aliphatic carbocycles. The van der Waals surface area contributed by atoms with E-state index in [4.69, 9.17) is 5.11 Å². The zero-order valence-electron chi connectivity index (χ0n) is 14.2. The molecule has 3 heteroatoms. The quantitative estimate of drug-likeness (QED) is 0.202. The van der Waals surface area contributed by atoms with Gasteiger partial charge in [0.2, 0.25) is 0 Å². The fourth-order valence-electron chi connectivity index (χ4n) is 1.89. The first-order valence-corrected chi connectivity index (χ1v) is 8.54. The van der Waals surface area contributed by atoms with Gasteiger partial charge in [0, 0.05) is 12.8 Å². The first-order valence-electron chi connectivity index (χ1n) is 8.54. The van der Waals surface area contributed by atoms with Crippen molar-refractivity contribution >= 4 is 11.8 Å². The number of carbonyl (C=O) groups is 2. The lowest BCUT2D eigenvalue weighted by Gasteiger charge is -1.92. The lowest BCUT2D eigenvalue weighted by atomic mass is 10.1. The predicted octanol–water partition coefficient (Wildman–Crippen LogP) is 5.40. The third-order valence-electron chi connectivity index (χ3n) is 3.20. The van der Waals surface area contributed by atoms with Crippen molar-refractivity contribution in [1.29, 1.82) is 0 Å². The van der Waals surface area contributed by atoms with Crippen LogP contribution in [0.4, 0.5) is 0 Å². The summed E-state index contributed by atoms with van der Waals surface area (Å²) in [5, 5.41) is 8.49.